The van der Waals surface area contributed by atoms with E-state index in [0.29, 0.717) is 12.8 Å². The van der Waals surface area contributed by atoms with Gasteiger partial charge in [-0.25, -0.2) is 0 Å². The number of benzene rings is 1. The number of amides is 1. The first kappa shape index (κ1) is 15.2. The van der Waals surface area contributed by atoms with Crippen LogP contribution in [-0.4, -0.2) is 37.8 Å². The Bertz CT molecular complexity index is 495. The van der Waals surface area contributed by atoms with Crippen LogP contribution in [0.25, 0.3) is 0 Å². The fraction of sp³-hybridized carbons (Fsp3) is 0.467. The summed E-state index contributed by atoms with van der Waals surface area (Å²) in [6.07, 6.45) is 1.07. The van der Waals surface area contributed by atoms with Gasteiger partial charge in [-0.3, -0.25) is 9.59 Å². The van der Waals surface area contributed by atoms with E-state index in [0.717, 1.165) is 23.3 Å². The third kappa shape index (κ3) is 3.34. The molecule has 0 saturated heterocycles. The molecule has 0 saturated carbocycles. The molecular formula is C15H21NO3. The molecule has 1 amide bonds. The number of carbonyl (C=O) groups excluding carboxylic acids is 2. The van der Waals surface area contributed by atoms with Gasteiger partial charge in [0, 0.05) is 13.6 Å². The van der Waals surface area contributed by atoms with Gasteiger partial charge in [0.1, 0.15) is 5.75 Å². The van der Waals surface area contributed by atoms with Crippen molar-refractivity contribution in [3.8, 4) is 5.75 Å². The van der Waals surface area contributed by atoms with Crippen molar-refractivity contribution in [2.75, 3.05) is 20.7 Å². The fourth-order valence-electron chi connectivity index (χ4n) is 2.20. The summed E-state index contributed by atoms with van der Waals surface area (Å²) in [6.45, 7) is 6.62. The Labute approximate surface area is 114 Å². The molecule has 0 heterocycles. The molecule has 0 spiro atoms. The van der Waals surface area contributed by atoms with Crippen LogP contribution in [0.3, 0.4) is 0 Å². The number of rotatable bonds is 5. The maximum absolute atomic E-state index is 11.2. The summed E-state index contributed by atoms with van der Waals surface area (Å²) in [5.74, 6) is 0.429. The molecule has 1 aromatic rings. The Kier molecular flexibility index (Phi) is 5.10. The predicted molar refractivity (Wildman–Crippen MR) is 74.6 cm³/mol. The van der Waals surface area contributed by atoms with Crippen molar-refractivity contribution in [2.24, 2.45) is 0 Å². The summed E-state index contributed by atoms with van der Waals surface area (Å²) in [5.41, 5.74) is 4.57. The summed E-state index contributed by atoms with van der Waals surface area (Å²) in [7, 11) is 3.31. The molecule has 0 unspecified atom stereocenters. The molecular weight excluding hydrogens is 242 g/mol. The van der Waals surface area contributed by atoms with Crippen LogP contribution in [0.1, 0.15) is 22.3 Å². The topological polar surface area (TPSA) is 46.6 Å². The number of likely N-dealkylation sites (N-methyl/N-ethyl adjacent to an activating group) is 1. The van der Waals surface area contributed by atoms with Gasteiger partial charge in [0.25, 0.3) is 5.91 Å². The summed E-state index contributed by atoms with van der Waals surface area (Å²) in [5, 5.41) is 0. The van der Waals surface area contributed by atoms with Crippen LogP contribution in [0.4, 0.5) is 0 Å². The first-order valence-corrected chi connectivity index (χ1v) is 6.26. The summed E-state index contributed by atoms with van der Waals surface area (Å²) < 4.78 is 5.38. The Morgan fingerprint density at radius 1 is 1.32 bits per heavy atom. The van der Waals surface area contributed by atoms with Crippen LogP contribution in [0.5, 0.6) is 5.75 Å². The lowest BCUT2D eigenvalue weighted by atomic mass is 9.96. The first-order valence-electron chi connectivity index (χ1n) is 6.26. The van der Waals surface area contributed by atoms with Crippen molar-refractivity contribution in [1.82, 2.24) is 4.90 Å². The molecule has 4 heteroatoms. The largest absolute Gasteiger partial charge is 0.496 e. The number of carbonyl (C=O) groups is 2. The van der Waals surface area contributed by atoms with E-state index in [1.54, 1.807) is 14.2 Å². The second kappa shape index (κ2) is 6.36. The van der Waals surface area contributed by atoms with E-state index < -0.39 is 5.91 Å². The van der Waals surface area contributed by atoms with Crippen LogP contribution < -0.4 is 4.74 Å². The number of aldehydes is 1. The lowest BCUT2D eigenvalue weighted by Gasteiger charge is -2.18. The number of hydrogen-bond donors (Lipinski definition) is 0. The highest BCUT2D eigenvalue weighted by molar-refractivity contribution is 6.23. The maximum atomic E-state index is 11.2. The molecule has 0 aliphatic carbocycles. The van der Waals surface area contributed by atoms with E-state index >= 15 is 0 Å². The normalized spacial score (nSPS) is 10.2. The Morgan fingerprint density at radius 2 is 1.95 bits per heavy atom. The summed E-state index contributed by atoms with van der Waals surface area (Å²) in [4.78, 5) is 23.0. The van der Waals surface area contributed by atoms with Crippen molar-refractivity contribution >= 4 is 12.2 Å². The van der Waals surface area contributed by atoms with Crippen LogP contribution in [0.2, 0.25) is 0 Å². The zero-order valence-electron chi connectivity index (χ0n) is 12.2. The lowest BCUT2D eigenvalue weighted by Crippen LogP contribution is -2.29. The maximum Gasteiger partial charge on any atom is 0.286 e. The monoisotopic (exact) mass is 263 g/mol. The third-order valence-electron chi connectivity index (χ3n) is 3.53. The predicted octanol–water partition coefficient (Wildman–Crippen LogP) is 1.82. The van der Waals surface area contributed by atoms with Gasteiger partial charge >= 0.3 is 0 Å². The minimum atomic E-state index is -0.486. The standard InChI is InChI=1S/C15H21NO3/c1-10-8-13(6-7-16(4)14(18)9-17)11(2)12(3)15(10)19-5/h8-9H,6-7H2,1-5H3. The molecule has 4 nitrogen and oxygen atoms in total. The highest BCUT2D eigenvalue weighted by Crippen LogP contribution is 2.28. The zero-order chi connectivity index (χ0) is 14.6. The highest BCUT2D eigenvalue weighted by atomic mass is 16.5. The van der Waals surface area contributed by atoms with E-state index in [2.05, 4.69) is 6.07 Å². The molecule has 0 bridgehead atoms. The number of aryl methyl sites for hydroxylation is 1. The van der Waals surface area contributed by atoms with E-state index in [1.165, 1.54) is 16.0 Å². The summed E-state index contributed by atoms with van der Waals surface area (Å²) >= 11 is 0. The van der Waals surface area contributed by atoms with Crippen molar-refractivity contribution in [3.05, 3.63) is 28.3 Å². The van der Waals surface area contributed by atoms with Crippen LogP contribution in [0, 0.1) is 20.8 Å². The molecule has 0 radical (unpaired) electrons. The van der Waals surface area contributed by atoms with Gasteiger partial charge in [-0.2, -0.15) is 0 Å². The molecule has 0 fully saturated rings. The molecule has 0 atom stereocenters. The molecule has 19 heavy (non-hydrogen) atoms. The van der Waals surface area contributed by atoms with Gasteiger partial charge in [0.05, 0.1) is 7.11 Å². The van der Waals surface area contributed by atoms with E-state index in [4.69, 9.17) is 4.74 Å². The number of hydrogen-bond acceptors (Lipinski definition) is 3. The van der Waals surface area contributed by atoms with Crippen molar-refractivity contribution in [1.29, 1.82) is 0 Å². The van der Waals surface area contributed by atoms with Crippen molar-refractivity contribution in [3.63, 3.8) is 0 Å². The summed E-state index contributed by atoms with van der Waals surface area (Å²) in [6, 6.07) is 2.08. The van der Waals surface area contributed by atoms with Crippen molar-refractivity contribution < 1.29 is 14.3 Å². The van der Waals surface area contributed by atoms with Gasteiger partial charge in [0.15, 0.2) is 0 Å². The van der Waals surface area contributed by atoms with E-state index in [1.807, 2.05) is 20.8 Å². The number of ether oxygens (including phenoxy) is 1. The average molecular weight is 263 g/mol. The molecule has 0 aliphatic rings. The third-order valence-corrected chi connectivity index (χ3v) is 3.53. The number of nitrogens with zero attached hydrogens (tertiary/aromatic N) is 1. The lowest BCUT2D eigenvalue weighted by molar-refractivity contribution is -0.137. The molecule has 1 aromatic carbocycles. The number of methoxy groups -OCH3 is 1. The molecule has 0 aromatic heterocycles. The smallest absolute Gasteiger partial charge is 0.286 e. The van der Waals surface area contributed by atoms with E-state index in [-0.39, 0.29) is 0 Å². The first-order chi connectivity index (χ1) is 8.92. The second-order valence-corrected chi connectivity index (χ2v) is 4.76. The average Bonchev–Trinajstić information content (AvgIpc) is 2.40. The minimum Gasteiger partial charge on any atom is -0.496 e. The molecule has 104 valence electrons. The quantitative estimate of drug-likeness (QED) is 0.601. The fourth-order valence-corrected chi connectivity index (χ4v) is 2.20. The van der Waals surface area contributed by atoms with Gasteiger partial charge in [-0.15, -0.1) is 0 Å². The molecule has 0 N–H and O–H groups in total. The Hall–Kier alpha value is -1.84. The Morgan fingerprint density at radius 3 is 2.47 bits per heavy atom. The molecule has 1 rings (SSSR count). The second-order valence-electron chi connectivity index (χ2n) is 4.76. The van der Waals surface area contributed by atoms with Crippen molar-refractivity contribution in [2.45, 2.75) is 27.2 Å². The van der Waals surface area contributed by atoms with Gasteiger partial charge < -0.3 is 9.64 Å². The SMILES string of the molecule is COc1c(C)cc(CCN(C)C(=O)C=O)c(C)c1C. The van der Waals surface area contributed by atoms with Gasteiger partial charge in [-0.1, -0.05) is 6.07 Å². The van der Waals surface area contributed by atoms with Crippen LogP contribution in [0.15, 0.2) is 6.07 Å². The van der Waals surface area contributed by atoms with Gasteiger partial charge in [0.2, 0.25) is 6.29 Å². The highest BCUT2D eigenvalue weighted by Gasteiger charge is 2.12. The molecule has 0 aliphatic heterocycles. The zero-order valence-corrected chi connectivity index (χ0v) is 12.2. The van der Waals surface area contributed by atoms with Crippen LogP contribution in [-0.2, 0) is 16.0 Å². The van der Waals surface area contributed by atoms with Gasteiger partial charge in [-0.05, 0) is 49.4 Å². The minimum absolute atomic E-state index is 0.345. The van der Waals surface area contributed by atoms with Crippen LogP contribution >= 0.6 is 0 Å². The Balaban J connectivity index is 2.91. The van der Waals surface area contributed by atoms with E-state index in [9.17, 15) is 9.59 Å².